The van der Waals surface area contributed by atoms with Gasteiger partial charge in [0.2, 0.25) is 0 Å². The number of hydrogen-bond acceptors (Lipinski definition) is 6. The highest BCUT2D eigenvalue weighted by Crippen LogP contribution is 2.44. The van der Waals surface area contributed by atoms with Gasteiger partial charge in [-0.15, -0.1) is 0 Å². The van der Waals surface area contributed by atoms with Gasteiger partial charge in [0, 0.05) is 12.5 Å². The SMILES string of the molecule is CC(C)(C)OC(=O)C(N)CCCCCN(CC(=O)O)C(=O)OCC1c2ccccc2-c2ccccc21. The second-order valence-electron chi connectivity index (χ2n) is 10.1. The lowest BCUT2D eigenvalue weighted by molar-refractivity contribution is -0.156. The van der Waals surface area contributed by atoms with Crippen molar-refractivity contribution in [2.45, 2.75) is 64.0 Å². The molecule has 1 unspecified atom stereocenters. The first-order valence-electron chi connectivity index (χ1n) is 12.4. The molecule has 0 fully saturated rings. The summed E-state index contributed by atoms with van der Waals surface area (Å²) in [5, 5.41) is 9.28. The number of nitrogens with zero attached hydrogens (tertiary/aromatic N) is 1. The number of amides is 1. The Morgan fingerprint density at radius 3 is 2.11 bits per heavy atom. The number of benzene rings is 2. The minimum Gasteiger partial charge on any atom is -0.480 e. The number of carboxylic acids is 1. The third kappa shape index (κ3) is 7.31. The van der Waals surface area contributed by atoms with Crippen molar-refractivity contribution in [1.29, 1.82) is 0 Å². The van der Waals surface area contributed by atoms with Crippen molar-refractivity contribution in [1.82, 2.24) is 4.90 Å². The molecule has 1 aliphatic carbocycles. The molecule has 0 aromatic heterocycles. The predicted octanol–water partition coefficient (Wildman–Crippen LogP) is 4.55. The van der Waals surface area contributed by atoms with Crippen molar-refractivity contribution >= 4 is 18.0 Å². The number of esters is 1. The molecule has 1 aliphatic rings. The summed E-state index contributed by atoms with van der Waals surface area (Å²) in [4.78, 5) is 37.4. The first-order chi connectivity index (χ1) is 17.1. The number of carboxylic acid groups (broad SMARTS) is 1. The van der Waals surface area contributed by atoms with Crippen molar-refractivity contribution in [2.24, 2.45) is 5.73 Å². The minimum atomic E-state index is -1.10. The molecule has 0 bridgehead atoms. The van der Waals surface area contributed by atoms with E-state index in [4.69, 9.17) is 15.2 Å². The van der Waals surface area contributed by atoms with Crippen molar-refractivity contribution in [3.63, 3.8) is 0 Å². The normalized spacial score (nSPS) is 13.4. The molecule has 1 amide bonds. The Morgan fingerprint density at radius 1 is 0.972 bits per heavy atom. The fourth-order valence-electron chi connectivity index (χ4n) is 4.42. The van der Waals surface area contributed by atoms with E-state index in [2.05, 4.69) is 12.1 Å². The van der Waals surface area contributed by atoms with Crippen LogP contribution < -0.4 is 5.73 Å². The summed E-state index contributed by atoms with van der Waals surface area (Å²) in [6, 6.07) is 15.4. The highest BCUT2D eigenvalue weighted by Gasteiger charge is 2.30. The number of ether oxygens (including phenoxy) is 2. The minimum absolute atomic E-state index is 0.0950. The van der Waals surface area contributed by atoms with E-state index in [1.165, 1.54) is 4.90 Å². The average Bonchev–Trinajstić information content (AvgIpc) is 3.14. The number of hydrogen-bond donors (Lipinski definition) is 2. The molecule has 0 heterocycles. The van der Waals surface area contributed by atoms with Gasteiger partial charge in [0.1, 0.15) is 24.8 Å². The van der Waals surface area contributed by atoms with E-state index in [0.717, 1.165) is 22.3 Å². The maximum Gasteiger partial charge on any atom is 0.410 e. The number of nitrogens with two attached hydrogens (primary N) is 1. The fourth-order valence-corrected chi connectivity index (χ4v) is 4.42. The zero-order valence-electron chi connectivity index (χ0n) is 21.2. The van der Waals surface area contributed by atoms with Crippen LogP contribution in [0.2, 0.25) is 0 Å². The lowest BCUT2D eigenvalue weighted by atomic mass is 9.98. The second-order valence-corrected chi connectivity index (χ2v) is 10.1. The Balaban J connectivity index is 1.50. The molecule has 0 saturated heterocycles. The molecule has 8 heteroatoms. The van der Waals surface area contributed by atoms with Crippen LogP contribution in [-0.4, -0.2) is 59.4 Å². The van der Waals surface area contributed by atoms with Gasteiger partial charge < -0.3 is 20.3 Å². The van der Waals surface area contributed by atoms with Gasteiger partial charge in [-0.3, -0.25) is 14.5 Å². The van der Waals surface area contributed by atoms with Crippen LogP contribution in [0.1, 0.15) is 63.5 Å². The smallest absolute Gasteiger partial charge is 0.410 e. The summed E-state index contributed by atoms with van der Waals surface area (Å²) < 4.78 is 10.9. The van der Waals surface area contributed by atoms with Crippen LogP contribution in [0, 0.1) is 0 Å². The van der Waals surface area contributed by atoms with Gasteiger partial charge in [-0.05, 0) is 55.9 Å². The van der Waals surface area contributed by atoms with E-state index in [-0.39, 0.29) is 19.1 Å². The third-order valence-electron chi connectivity index (χ3n) is 6.07. The fraction of sp³-hybridized carbons (Fsp3) is 0.464. The van der Waals surface area contributed by atoms with Crippen LogP contribution >= 0.6 is 0 Å². The van der Waals surface area contributed by atoms with Crippen molar-refractivity contribution in [3.05, 3.63) is 59.7 Å². The summed E-state index contributed by atoms with van der Waals surface area (Å²) in [6.45, 7) is 5.31. The maximum absolute atomic E-state index is 12.8. The Hall–Kier alpha value is -3.39. The first kappa shape index (κ1) is 27.2. The maximum atomic E-state index is 12.8. The molecule has 0 aliphatic heterocycles. The van der Waals surface area contributed by atoms with E-state index in [1.807, 2.05) is 36.4 Å². The first-order valence-corrected chi connectivity index (χ1v) is 12.4. The lowest BCUT2D eigenvalue weighted by Gasteiger charge is -2.23. The molecule has 0 radical (unpaired) electrons. The summed E-state index contributed by atoms with van der Waals surface area (Å²) in [5.74, 6) is -1.63. The molecule has 2 aromatic rings. The van der Waals surface area contributed by atoms with Gasteiger partial charge in [0.25, 0.3) is 0 Å². The monoisotopic (exact) mass is 496 g/mol. The Morgan fingerprint density at radius 2 is 1.56 bits per heavy atom. The quantitative estimate of drug-likeness (QED) is 0.346. The summed E-state index contributed by atoms with van der Waals surface area (Å²) in [5.41, 5.74) is 9.76. The van der Waals surface area contributed by atoms with Crippen molar-refractivity contribution < 1.29 is 29.0 Å². The zero-order chi connectivity index (χ0) is 26.3. The molecule has 3 rings (SSSR count). The standard InChI is InChI=1S/C28H36N2O6/c1-28(2,3)36-26(33)24(29)15-5-4-10-16-30(17-25(31)32)27(34)35-18-23-21-13-8-6-11-19(21)20-12-7-9-14-22(20)23/h6-9,11-14,23-24H,4-5,10,15-18,29H2,1-3H3,(H,31,32). The van der Waals surface area contributed by atoms with Crippen molar-refractivity contribution in [3.8, 4) is 11.1 Å². The highest BCUT2D eigenvalue weighted by molar-refractivity contribution is 5.80. The van der Waals surface area contributed by atoms with Gasteiger partial charge in [0.05, 0.1) is 0 Å². The largest absolute Gasteiger partial charge is 0.480 e. The predicted molar refractivity (Wildman–Crippen MR) is 137 cm³/mol. The number of carbonyl (C=O) groups excluding carboxylic acids is 2. The number of carbonyl (C=O) groups is 3. The van der Waals surface area contributed by atoms with Gasteiger partial charge in [0.15, 0.2) is 0 Å². The Bertz CT molecular complexity index is 1030. The third-order valence-corrected chi connectivity index (χ3v) is 6.07. The van der Waals surface area contributed by atoms with E-state index in [0.29, 0.717) is 25.7 Å². The number of aliphatic carboxylic acids is 1. The molecule has 2 aromatic carbocycles. The van der Waals surface area contributed by atoms with Crippen LogP contribution in [0.3, 0.4) is 0 Å². The molecule has 1 atom stereocenters. The Labute approximate surface area is 212 Å². The summed E-state index contributed by atoms with van der Waals surface area (Å²) in [7, 11) is 0. The van der Waals surface area contributed by atoms with Crippen molar-refractivity contribution in [2.75, 3.05) is 19.7 Å². The topological polar surface area (TPSA) is 119 Å². The zero-order valence-corrected chi connectivity index (χ0v) is 21.2. The summed E-state index contributed by atoms with van der Waals surface area (Å²) in [6.07, 6.45) is 1.72. The molecular formula is C28H36N2O6. The highest BCUT2D eigenvalue weighted by atomic mass is 16.6. The lowest BCUT2D eigenvalue weighted by Crippen LogP contribution is -2.38. The van der Waals surface area contributed by atoms with Crippen LogP contribution in [0.5, 0.6) is 0 Å². The number of fused-ring (bicyclic) bond motifs is 3. The van der Waals surface area contributed by atoms with Crippen LogP contribution in [-0.2, 0) is 19.1 Å². The molecule has 0 spiro atoms. The van der Waals surface area contributed by atoms with Crippen LogP contribution in [0.15, 0.2) is 48.5 Å². The Kier molecular flexibility index (Phi) is 9.09. The molecule has 194 valence electrons. The molecule has 0 saturated carbocycles. The molecule has 3 N–H and O–H groups in total. The molecule has 36 heavy (non-hydrogen) atoms. The average molecular weight is 497 g/mol. The van der Waals surface area contributed by atoms with E-state index in [1.54, 1.807) is 20.8 Å². The summed E-state index contributed by atoms with van der Waals surface area (Å²) >= 11 is 0. The number of rotatable bonds is 11. The second kappa shape index (κ2) is 12.0. The molecule has 8 nitrogen and oxygen atoms in total. The van der Waals surface area contributed by atoms with Gasteiger partial charge in [-0.1, -0.05) is 61.4 Å². The van der Waals surface area contributed by atoms with Gasteiger partial charge in [-0.25, -0.2) is 4.79 Å². The molecular weight excluding hydrogens is 460 g/mol. The van der Waals surface area contributed by atoms with Gasteiger partial charge >= 0.3 is 18.0 Å². The number of unbranched alkanes of at least 4 members (excludes halogenated alkanes) is 2. The van der Waals surface area contributed by atoms with E-state index < -0.39 is 36.2 Å². The van der Waals surface area contributed by atoms with E-state index >= 15 is 0 Å². The van der Waals surface area contributed by atoms with Crippen LogP contribution in [0.25, 0.3) is 11.1 Å². The van der Waals surface area contributed by atoms with E-state index in [9.17, 15) is 19.5 Å². The van der Waals surface area contributed by atoms with Gasteiger partial charge in [-0.2, -0.15) is 0 Å². The van der Waals surface area contributed by atoms with Crippen LogP contribution in [0.4, 0.5) is 4.79 Å².